The molecule has 2 rings (SSSR count). The fraction of sp³-hybridized carbons (Fsp3) is 0.462. The van der Waals surface area contributed by atoms with E-state index >= 15 is 0 Å². The van der Waals surface area contributed by atoms with Crippen LogP contribution in [0.5, 0.6) is 0 Å². The molecular formula is C13H17ClN2O. The summed E-state index contributed by atoms with van der Waals surface area (Å²) in [5, 5.41) is 3.29. The van der Waals surface area contributed by atoms with E-state index in [-0.39, 0.29) is 5.91 Å². The SMILES string of the molecule is Nc1ccc(C(=O)NCCCC2CC2)c(Cl)c1. The Balaban J connectivity index is 1.81. The number of anilines is 1. The molecule has 3 nitrogen and oxygen atoms in total. The summed E-state index contributed by atoms with van der Waals surface area (Å²) >= 11 is 5.96. The van der Waals surface area contributed by atoms with Crippen LogP contribution >= 0.6 is 11.6 Å². The van der Waals surface area contributed by atoms with E-state index in [4.69, 9.17) is 17.3 Å². The van der Waals surface area contributed by atoms with Gasteiger partial charge in [-0.25, -0.2) is 0 Å². The van der Waals surface area contributed by atoms with Crippen molar-refractivity contribution in [1.82, 2.24) is 5.32 Å². The van der Waals surface area contributed by atoms with Crippen LogP contribution in [0.1, 0.15) is 36.0 Å². The number of hydrogen-bond donors (Lipinski definition) is 2. The summed E-state index contributed by atoms with van der Waals surface area (Å²) in [5.74, 6) is 0.790. The van der Waals surface area contributed by atoms with Gasteiger partial charge in [0, 0.05) is 12.2 Å². The lowest BCUT2D eigenvalue weighted by Crippen LogP contribution is -2.24. The number of halogens is 1. The fourth-order valence-corrected chi connectivity index (χ4v) is 2.08. The third-order valence-electron chi connectivity index (χ3n) is 3.01. The van der Waals surface area contributed by atoms with E-state index in [1.54, 1.807) is 18.2 Å². The molecule has 0 heterocycles. The summed E-state index contributed by atoms with van der Waals surface area (Å²) in [4.78, 5) is 11.8. The van der Waals surface area contributed by atoms with Gasteiger partial charge in [-0.05, 0) is 37.0 Å². The Morgan fingerprint density at radius 2 is 2.24 bits per heavy atom. The maximum atomic E-state index is 11.8. The summed E-state index contributed by atoms with van der Waals surface area (Å²) in [6.07, 6.45) is 4.98. The van der Waals surface area contributed by atoms with E-state index in [9.17, 15) is 4.79 Å². The molecule has 0 unspecified atom stereocenters. The molecule has 0 atom stereocenters. The zero-order chi connectivity index (χ0) is 12.3. The second-order valence-electron chi connectivity index (χ2n) is 4.58. The second kappa shape index (κ2) is 5.41. The first-order valence-corrected chi connectivity index (χ1v) is 6.38. The maximum absolute atomic E-state index is 11.8. The normalized spacial score (nSPS) is 14.6. The van der Waals surface area contributed by atoms with Gasteiger partial charge in [0.2, 0.25) is 0 Å². The van der Waals surface area contributed by atoms with Crippen LogP contribution in [0.25, 0.3) is 0 Å². The Labute approximate surface area is 106 Å². The van der Waals surface area contributed by atoms with Crippen molar-refractivity contribution in [2.75, 3.05) is 12.3 Å². The molecular weight excluding hydrogens is 236 g/mol. The molecule has 1 aliphatic carbocycles. The Kier molecular flexibility index (Phi) is 3.89. The first kappa shape index (κ1) is 12.2. The summed E-state index contributed by atoms with van der Waals surface area (Å²) in [6.45, 7) is 0.718. The van der Waals surface area contributed by atoms with Crippen molar-refractivity contribution < 1.29 is 4.79 Å². The van der Waals surface area contributed by atoms with Gasteiger partial charge in [0.1, 0.15) is 0 Å². The molecule has 1 fully saturated rings. The van der Waals surface area contributed by atoms with E-state index < -0.39 is 0 Å². The molecule has 0 saturated heterocycles. The topological polar surface area (TPSA) is 55.1 Å². The highest BCUT2D eigenvalue weighted by Gasteiger charge is 2.20. The van der Waals surface area contributed by atoms with Crippen molar-refractivity contribution >= 4 is 23.2 Å². The van der Waals surface area contributed by atoms with Crippen molar-refractivity contribution in [3.05, 3.63) is 28.8 Å². The minimum atomic E-state index is -0.120. The minimum Gasteiger partial charge on any atom is -0.399 e. The van der Waals surface area contributed by atoms with Crippen LogP contribution in [0.4, 0.5) is 5.69 Å². The fourth-order valence-electron chi connectivity index (χ4n) is 1.81. The number of amides is 1. The number of benzene rings is 1. The average molecular weight is 253 g/mol. The molecule has 0 spiro atoms. The Bertz CT molecular complexity index is 416. The molecule has 1 saturated carbocycles. The molecule has 0 aliphatic heterocycles. The van der Waals surface area contributed by atoms with Crippen LogP contribution in [-0.4, -0.2) is 12.5 Å². The zero-order valence-corrected chi connectivity index (χ0v) is 10.5. The van der Waals surface area contributed by atoms with Crippen LogP contribution in [0, 0.1) is 5.92 Å². The molecule has 92 valence electrons. The van der Waals surface area contributed by atoms with Gasteiger partial charge >= 0.3 is 0 Å². The van der Waals surface area contributed by atoms with E-state index in [0.717, 1.165) is 18.9 Å². The van der Waals surface area contributed by atoms with Crippen LogP contribution in [0.15, 0.2) is 18.2 Å². The highest BCUT2D eigenvalue weighted by atomic mass is 35.5. The molecule has 1 amide bonds. The Hall–Kier alpha value is -1.22. The summed E-state index contributed by atoms with van der Waals surface area (Å²) < 4.78 is 0. The van der Waals surface area contributed by atoms with Crippen molar-refractivity contribution in [3.8, 4) is 0 Å². The van der Waals surface area contributed by atoms with Crippen LogP contribution in [0.3, 0.4) is 0 Å². The monoisotopic (exact) mass is 252 g/mol. The first-order valence-electron chi connectivity index (χ1n) is 6.00. The number of hydrogen-bond acceptors (Lipinski definition) is 2. The van der Waals surface area contributed by atoms with Crippen molar-refractivity contribution in [1.29, 1.82) is 0 Å². The van der Waals surface area contributed by atoms with Crippen LogP contribution in [-0.2, 0) is 0 Å². The maximum Gasteiger partial charge on any atom is 0.252 e. The van der Waals surface area contributed by atoms with Gasteiger partial charge in [-0.3, -0.25) is 4.79 Å². The number of carbonyl (C=O) groups excluding carboxylic acids is 1. The average Bonchev–Trinajstić information content (AvgIpc) is 3.08. The van der Waals surface area contributed by atoms with Crippen molar-refractivity contribution in [2.45, 2.75) is 25.7 Å². The van der Waals surface area contributed by atoms with Gasteiger partial charge in [0.15, 0.2) is 0 Å². The number of carbonyl (C=O) groups is 1. The lowest BCUT2D eigenvalue weighted by atomic mass is 10.2. The van der Waals surface area contributed by atoms with Gasteiger partial charge in [-0.1, -0.05) is 24.4 Å². The van der Waals surface area contributed by atoms with E-state index in [0.29, 0.717) is 16.3 Å². The minimum absolute atomic E-state index is 0.120. The van der Waals surface area contributed by atoms with Gasteiger partial charge in [0.25, 0.3) is 5.91 Å². The van der Waals surface area contributed by atoms with Gasteiger partial charge in [-0.2, -0.15) is 0 Å². The largest absolute Gasteiger partial charge is 0.399 e. The second-order valence-corrected chi connectivity index (χ2v) is 4.99. The van der Waals surface area contributed by atoms with Gasteiger partial charge in [-0.15, -0.1) is 0 Å². The van der Waals surface area contributed by atoms with E-state index in [2.05, 4.69) is 5.32 Å². The quantitative estimate of drug-likeness (QED) is 0.625. The van der Waals surface area contributed by atoms with Crippen molar-refractivity contribution in [2.24, 2.45) is 5.92 Å². The van der Waals surface area contributed by atoms with Gasteiger partial charge in [0.05, 0.1) is 10.6 Å². The Morgan fingerprint density at radius 3 is 2.88 bits per heavy atom. The number of nitrogens with one attached hydrogen (secondary N) is 1. The zero-order valence-electron chi connectivity index (χ0n) is 9.71. The standard InChI is InChI=1S/C13H17ClN2O/c14-12-8-10(15)5-6-11(12)13(17)16-7-1-2-9-3-4-9/h5-6,8-9H,1-4,7,15H2,(H,16,17). The molecule has 1 aromatic carbocycles. The third kappa shape index (κ3) is 3.63. The van der Waals surface area contributed by atoms with Gasteiger partial charge < -0.3 is 11.1 Å². The predicted molar refractivity (Wildman–Crippen MR) is 70.2 cm³/mol. The summed E-state index contributed by atoms with van der Waals surface area (Å²) in [7, 11) is 0. The molecule has 1 aliphatic rings. The predicted octanol–water partition coefficient (Wildman–Crippen LogP) is 2.84. The lowest BCUT2D eigenvalue weighted by Gasteiger charge is -2.07. The lowest BCUT2D eigenvalue weighted by molar-refractivity contribution is 0.0953. The summed E-state index contributed by atoms with van der Waals surface area (Å²) in [6, 6.07) is 4.94. The first-order chi connectivity index (χ1) is 8.16. The number of nitrogens with two attached hydrogens (primary N) is 1. The Morgan fingerprint density at radius 1 is 1.47 bits per heavy atom. The molecule has 0 bridgehead atoms. The summed E-state index contributed by atoms with van der Waals surface area (Å²) in [5.41, 5.74) is 6.64. The van der Waals surface area contributed by atoms with Crippen LogP contribution < -0.4 is 11.1 Å². The smallest absolute Gasteiger partial charge is 0.252 e. The molecule has 3 N–H and O–H groups in total. The molecule has 4 heteroatoms. The van der Waals surface area contributed by atoms with E-state index in [1.165, 1.54) is 19.3 Å². The number of rotatable bonds is 5. The van der Waals surface area contributed by atoms with Crippen molar-refractivity contribution in [3.63, 3.8) is 0 Å². The molecule has 17 heavy (non-hydrogen) atoms. The third-order valence-corrected chi connectivity index (χ3v) is 3.32. The molecule has 1 aromatic rings. The highest BCUT2D eigenvalue weighted by molar-refractivity contribution is 6.34. The molecule has 0 aromatic heterocycles. The molecule has 0 radical (unpaired) electrons. The number of nitrogen functional groups attached to an aromatic ring is 1. The van der Waals surface area contributed by atoms with E-state index in [1.807, 2.05) is 0 Å². The highest BCUT2D eigenvalue weighted by Crippen LogP contribution is 2.33. The van der Waals surface area contributed by atoms with Crippen LogP contribution in [0.2, 0.25) is 5.02 Å².